The van der Waals surface area contributed by atoms with Gasteiger partial charge >= 0.3 is 0 Å². The van der Waals surface area contributed by atoms with Crippen LogP contribution in [0, 0.1) is 12.7 Å². The SMILES string of the molecule is Cc1ccc2nc([C@H]3CCCN3C(=O)c3cc4cc(F)ccc4n3C)[nH]c2c1. The first-order valence-corrected chi connectivity index (χ1v) is 9.53. The van der Waals surface area contributed by atoms with E-state index in [2.05, 4.69) is 11.1 Å². The Bertz CT molecular complexity index is 1220. The van der Waals surface area contributed by atoms with Gasteiger partial charge in [-0.25, -0.2) is 9.37 Å². The molecule has 0 bridgehead atoms. The molecule has 0 aliphatic carbocycles. The first kappa shape index (κ1) is 17.0. The van der Waals surface area contributed by atoms with Crippen LogP contribution in [0.15, 0.2) is 42.5 Å². The molecule has 4 aromatic rings. The smallest absolute Gasteiger partial charge is 0.271 e. The Hall–Kier alpha value is -3.15. The van der Waals surface area contributed by atoms with Crippen LogP contribution >= 0.6 is 0 Å². The summed E-state index contributed by atoms with van der Waals surface area (Å²) in [6, 6.07) is 12.4. The maximum absolute atomic E-state index is 13.6. The summed E-state index contributed by atoms with van der Waals surface area (Å²) in [5.41, 5.74) is 4.50. The van der Waals surface area contributed by atoms with E-state index in [0.717, 1.165) is 40.6 Å². The molecule has 6 heteroatoms. The van der Waals surface area contributed by atoms with Gasteiger partial charge in [0.1, 0.15) is 17.3 Å². The molecule has 0 saturated carbocycles. The molecule has 3 heterocycles. The zero-order chi connectivity index (χ0) is 19.4. The van der Waals surface area contributed by atoms with E-state index in [4.69, 9.17) is 4.98 Å². The molecule has 1 saturated heterocycles. The maximum Gasteiger partial charge on any atom is 0.271 e. The van der Waals surface area contributed by atoms with E-state index in [1.165, 1.54) is 17.7 Å². The molecule has 1 N–H and O–H groups in total. The summed E-state index contributed by atoms with van der Waals surface area (Å²) in [6.45, 7) is 2.74. The lowest BCUT2D eigenvalue weighted by Crippen LogP contribution is -2.32. The van der Waals surface area contributed by atoms with Crippen LogP contribution in [-0.4, -0.2) is 31.9 Å². The number of carbonyl (C=O) groups excluding carboxylic acids is 1. The van der Waals surface area contributed by atoms with Crippen molar-refractivity contribution in [3.63, 3.8) is 0 Å². The maximum atomic E-state index is 13.6. The Morgan fingerprint density at radius 3 is 2.93 bits per heavy atom. The Balaban J connectivity index is 1.52. The van der Waals surface area contributed by atoms with Crippen molar-refractivity contribution in [3.05, 3.63) is 65.4 Å². The third-order valence-electron chi connectivity index (χ3n) is 5.71. The monoisotopic (exact) mass is 376 g/mol. The number of amides is 1. The highest BCUT2D eigenvalue weighted by atomic mass is 19.1. The van der Waals surface area contributed by atoms with Gasteiger partial charge in [0.15, 0.2) is 0 Å². The summed E-state index contributed by atoms with van der Waals surface area (Å²) in [7, 11) is 1.85. The van der Waals surface area contributed by atoms with Crippen molar-refractivity contribution in [2.45, 2.75) is 25.8 Å². The molecule has 5 nitrogen and oxygen atoms in total. The van der Waals surface area contributed by atoms with Crippen LogP contribution in [0.5, 0.6) is 0 Å². The molecule has 2 aromatic carbocycles. The van der Waals surface area contributed by atoms with E-state index in [0.29, 0.717) is 12.2 Å². The number of aryl methyl sites for hydroxylation is 2. The van der Waals surface area contributed by atoms with Crippen molar-refractivity contribution in [2.24, 2.45) is 7.05 Å². The number of nitrogens with one attached hydrogen (secondary N) is 1. The average molecular weight is 376 g/mol. The number of imidazole rings is 1. The molecule has 142 valence electrons. The van der Waals surface area contributed by atoms with Crippen LogP contribution in [0.1, 0.15) is 40.8 Å². The Kier molecular flexibility index (Phi) is 3.75. The zero-order valence-electron chi connectivity index (χ0n) is 15.9. The van der Waals surface area contributed by atoms with Gasteiger partial charge in [-0.15, -0.1) is 0 Å². The Labute approximate surface area is 161 Å². The van der Waals surface area contributed by atoms with Crippen molar-refractivity contribution >= 4 is 27.8 Å². The number of hydrogen-bond acceptors (Lipinski definition) is 2. The predicted octanol–water partition coefficient (Wildman–Crippen LogP) is 4.48. The number of aromatic nitrogens is 3. The largest absolute Gasteiger partial charge is 0.340 e. The van der Waals surface area contributed by atoms with Crippen LogP contribution in [-0.2, 0) is 7.05 Å². The van der Waals surface area contributed by atoms with Gasteiger partial charge in [0, 0.05) is 24.5 Å². The van der Waals surface area contributed by atoms with Crippen LogP contribution in [0.4, 0.5) is 4.39 Å². The van der Waals surface area contributed by atoms with Gasteiger partial charge in [-0.1, -0.05) is 6.07 Å². The second-order valence-electron chi connectivity index (χ2n) is 7.59. The minimum absolute atomic E-state index is 0.0433. The molecule has 1 aliphatic heterocycles. The van der Waals surface area contributed by atoms with Crippen molar-refractivity contribution in [3.8, 4) is 0 Å². The van der Waals surface area contributed by atoms with Crippen molar-refractivity contribution in [2.75, 3.05) is 6.54 Å². The highest BCUT2D eigenvalue weighted by Gasteiger charge is 2.34. The number of H-pyrrole nitrogens is 1. The van der Waals surface area contributed by atoms with Gasteiger partial charge in [0.2, 0.25) is 0 Å². The Morgan fingerprint density at radius 1 is 1.21 bits per heavy atom. The van der Waals surface area contributed by atoms with Crippen molar-refractivity contribution in [1.29, 1.82) is 0 Å². The van der Waals surface area contributed by atoms with Gasteiger partial charge in [-0.2, -0.15) is 0 Å². The molecular weight excluding hydrogens is 355 g/mol. The number of carbonyl (C=O) groups is 1. The topological polar surface area (TPSA) is 53.9 Å². The van der Waals surface area contributed by atoms with Crippen molar-refractivity contribution < 1.29 is 9.18 Å². The summed E-state index contributed by atoms with van der Waals surface area (Å²) in [6.07, 6.45) is 1.81. The Morgan fingerprint density at radius 2 is 2.07 bits per heavy atom. The van der Waals surface area contributed by atoms with Gasteiger partial charge in [0.05, 0.1) is 17.1 Å². The standard InChI is InChI=1S/C22H21FN4O/c1-13-5-7-16-17(10-13)25-21(24-16)19-4-3-9-27(19)22(28)20-12-14-11-15(23)6-8-18(14)26(20)2/h5-8,10-12,19H,3-4,9H2,1-2H3,(H,24,25)/t19-/m1/s1. The number of likely N-dealkylation sites (tertiary alicyclic amines) is 1. The molecule has 1 atom stereocenters. The summed E-state index contributed by atoms with van der Waals surface area (Å²) < 4.78 is 15.4. The quantitative estimate of drug-likeness (QED) is 0.561. The van der Waals surface area contributed by atoms with Crippen LogP contribution < -0.4 is 0 Å². The summed E-state index contributed by atoms with van der Waals surface area (Å²) >= 11 is 0. The summed E-state index contributed by atoms with van der Waals surface area (Å²) in [5.74, 6) is 0.489. The lowest BCUT2D eigenvalue weighted by atomic mass is 10.2. The normalized spacial score (nSPS) is 17.1. The van der Waals surface area contributed by atoms with Crippen LogP contribution in [0.2, 0.25) is 0 Å². The number of aromatic amines is 1. The van der Waals surface area contributed by atoms with E-state index < -0.39 is 0 Å². The number of nitrogens with zero attached hydrogens (tertiary/aromatic N) is 3. The number of fused-ring (bicyclic) bond motifs is 2. The van der Waals surface area contributed by atoms with E-state index in [-0.39, 0.29) is 17.8 Å². The number of rotatable bonds is 2. The highest BCUT2D eigenvalue weighted by molar-refractivity contribution is 5.99. The lowest BCUT2D eigenvalue weighted by molar-refractivity contribution is 0.0721. The molecule has 0 radical (unpaired) electrons. The van der Waals surface area contributed by atoms with Gasteiger partial charge in [0.25, 0.3) is 5.91 Å². The van der Waals surface area contributed by atoms with Gasteiger partial charge in [-0.05, 0) is 61.7 Å². The molecule has 2 aromatic heterocycles. The number of hydrogen-bond donors (Lipinski definition) is 1. The number of benzene rings is 2. The first-order valence-electron chi connectivity index (χ1n) is 9.53. The molecule has 1 amide bonds. The van der Waals surface area contributed by atoms with Gasteiger partial charge < -0.3 is 14.5 Å². The second kappa shape index (κ2) is 6.19. The fourth-order valence-corrected chi connectivity index (χ4v) is 4.27. The molecule has 5 rings (SSSR count). The summed E-state index contributed by atoms with van der Waals surface area (Å²) in [5, 5.41) is 0.737. The van der Waals surface area contributed by atoms with Gasteiger partial charge in [-0.3, -0.25) is 4.79 Å². The van der Waals surface area contributed by atoms with E-state index in [9.17, 15) is 9.18 Å². The minimum atomic E-state index is -0.297. The van der Waals surface area contributed by atoms with Crippen LogP contribution in [0.25, 0.3) is 21.9 Å². The highest BCUT2D eigenvalue weighted by Crippen LogP contribution is 2.33. The molecular formula is C22H21FN4O. The first-order chi connectivity index (χ1) is 13.5. The lowest BCUT2D eigenvalue weighted by Gasteiger charge is -2.23. The van der Waals surface area contributed by atoms with E-state index in [1.807, 2.05) is 35.6 Å². The van der Waals surface area contributed by atoms with Crippen LogP contribution in [0.3, 0.4) is 0 Å². The third kappa shape index (κ3) is 2.59. The minimum Gasteiger partial charge on any atom is -0.340 e. The fourth-order valence-electron chi connectivity index (χ4n) is 4.27. The number of halogens is 1. The zero-order valence-corrected chi connectivity index (χ0v) is 15.9. The molecule has 1 fully saturated rings. The predicted molar refractivity (Wildman–Crippen MR) is 107 cm³/mol. The van der Waals surface area contributed by atoms with Crippen molar-refractivity contribution in [1.82, 2.24) is 19.4 Å². The fraction of sp³-hybridized carbons (Fsp3) is 0.273. The molecule has 1 aliphatic rings. The average Bonchev–Trinajstić information content (AvgIpc) is 3.37. The molecule has 0 spiro atoms. The third-order valence-corrected chi connectivity index (χ3v) is 5.71. The molecule has 0 unspecified atom stereocenters. The molecule has 28 heavy (non-hydrogen) atoms. The van der Waals surface area contributed by atoms with E-state index in [1.54, 1.807) is 12.1 Å². The van der Waals surface area contributed by atoms with E-state index >= 15 is 0 Å². The second-order valence-corrected chi connectivity index (χ2v) is 7.59. The summed E-state index contributed by atoms with van der Waals surface area (Å²) in [4.78, 5) is 23.4.